The normalized spacial score (nSPS) is 20.9. The molecule has 0 aromatic heterocycles. The lowest BCUT2D eigenvalue weighted by Gasteiger charge is -2.35. The Kier molecular flexibility index (Phi) is 5.25. The number of rotatable bonds is 4. The SMILES string of the molecule is CN(CC1Cc2ccccc2CO1)C(=O)C1(c2ccc(Cl)cc2)CCCC1. The lowest BCUT2D eigenvalue weighted by atomic mass is 9.77. The molecule has 1 atom stereocenters. The first-order valence-electron chi connectivity index (χ1n) is 9.78. The molecule has 2 aliphatic rings. The van der Waals surface area contributed by atoms with E-state index in [-0.39, 0.29) is 12.0 Å². The number of amides is 1. The molecule has 1 fully saturated rings. The zero-order chi connectivity index (χ0) is 18.9. The van der Waals surface area contributed by atoms with Crippen molar-refractivity contribution in [2.75, 3.05) is 13.6 Å². The molecule has 1 amide bonds. The molecular weight excluding hydrogens is 358 g/mol. The Morgan fingerprint density at radius 3 is 2.48 bits per heavy atom. The molecule has 2 aromatic rings. The van der Waals surface area contributed by atoms with Crippen molar-refractivity contribution in [1.82, 2.24) is 4.90 Å². The van der Waals surface area contributed by atoms with E-state index in [0.29, 0.717) is 18.2 Å². The van der Waals surface area contributed by atoms with Gasteiger partial charge >= 0.3 is 0 Å². The molecule has 1 saturated carbocycles. The number of likely N-dealkylation sites (N-methyl/N-ethyl adjacent to an activating group) is 1. The molecule has 1 unspecified atom stereocenters. The van der Waals surface area contributed by atoms with Crippen LogP contribution in [0.3, 0.4) is 0 Å². The molecule has 2 aromatic carbocycles. The second-order valence-corrected chi connectivity index (χ2v) is 8.32. The van der Waals surface area contributed by atoms with E-state index in [1.165, 1.54) is 11.1 Å². The van der Waals surface area contributed by atoms with Gasteiger partial charge in [0.25, 0.3) is 0 Å². The van der Waals surface area contributed by atoms with Crippen LogP contribution in [0.1, 0.15) is 42.4 Å². The Labute approximate surface area is 166 Å². The third-order valence-corrected chi connectivity index (χ3v) is 6.38. The number of ether oxygens (including phenoxy) is 1. The Bertz CT molecular complexity index is 811. The minimum Gasteiger partial charge on any atom is -0.371 e. The fourth-order valence-corrected chi connectivity index (χ4v) is 4.78. The highest BCUT2D eigenvalue weighted by Gasteiger charge is 2.44. The van der Waals surface area contributed by atoms with E-state index in [4.69, 9.17) is 16.3 Å². The van der Waals surface area contributed by atoms with Crippen LogP contribution in [-0.4, -0.2) is 30.5 Å². The maximum atomic E-state index is 13.5. The van der Waals surface area contributed by atoms with Crippen LogP contribution in [0.4, 0.5) is 0 Å². The van der Waals surface area contributed by atoms with Crippen LogP contribution in [0.25, 0.3) is 0 Å². The zero-order valence-corrected chi connectivity index (χ0v) is 16.5. The largest absolute Gasteiger partial charge is 0.371 e. The van der Waals surface area contributed by atoms with Gasteiger partial charge < -0.3 is 9.64 Å². The monoisotopic (exact) mass is 383 g/mol. The molecule has 1 heterocycles. The molecule has 1 aliphatic heterocycles. The van der Waals surface area contributed by atoms with Crippen molar-refractivity contribution in [2.24, 2.45) is 0 Å². The summed E-state index contributed by atoms with van der Waals surface area (Å²) in [6, 6.07) is 16.2. The van der Waals surface area contributed by atoms with Gasteiger partial charge in [0.05, 0.1) is 18.1 Å². The Hall–Kier alpha value is -1.84. The molecule has 4 rings (SSSR count). The molecule has 0 radical (unpaired) electrons. The van der Waals surface area contributed by atoms with Gasteiger partial charge in [-0.1, -0.05) is 60.8 Å². The maximum Gasteiger partial charge on any atom is 0.233 e. The predicted octanol–water partition coefficient (Wildman–Crippen LogP) is 4.75. The van der Waals surface area contributed by atoms with E-state index in [2.05, 4.69) is 18.2 Å². The standard InChI is InChI=1S/C23H26ClNO2/c1-25(15-21-14-17-6-2-3-7-18(17)16-27-21)22(26)23(12-4-5-13-23)19-8-10-20(24)11-9-19/h2-3,6-11,21H,4-5,12-16H2,1H3. The van der Waals surface area contributed by atoms with Crippen LogP contribution < -0.4 is 0 Å². The molecular formula is C23H26ClNO2. The first-order chi connectivity index (χ1) is 13.1. The highest BCUT2D eigenvalue weighted by molar-refractivity contribution is 6.30. The highest BCUT2D eigenvalue weighted by atomic mass is 35.5. The van der Waals surface area contributed by atoms with Gasteiger partial charge in [-0.25, -0.2) is 0 Å². The third kappa shape index (κ3) is 3.63. The molecule has 0 bridgehead atoms. The summed E-state index contributed by atoms with van der Waals surface area (Å²) in [5.41, 5.74) is 3.28. The summed E-state index contributed by atoms with van der Waals surface area (Å²) in [6.07, 6.45) is 4.92. The lowest BCUT2D eigenvalue weighted by Crippen LogP contribution is -2.47. The second-order valence-electron chi connectivity index (χ2n) is 7.89. The van der Waals surface area contributed by atoms with Crippen LogP contribution >= 0.6 is 11.6 Å². The summed E-state index contributed by atoms with van der Waals surface area (Å²) >= 11 is 6.06. The topological polar surface area (TPSA) is 29.5 Å². The highest BCUT2D eigenvalue weighted by Crippen LogP contribution is 2.43. The van der Waals surface area contributed by atoms with Gasteiger partial charge in [-0.05, 0) is 41.7 Å². The molecule has 0 spiro atoms. The van der Waals surface area contributed by atoms with Crippen molar-refractivity contribution in [3.8, 4) is 0 Å². The maximum absolute atomic E-state index is 13.5. The van der Waals surface area contributed by atoms with Crippen LogP contribution in [-0.2, 0) is 28.0 Å². The molecule has 27 heavy (non-hydrogen) atoms. The average Bonchev–Trinajstić information content (AvgIpc) is 3.19. The Morgan fingerprint density at radius 2 is 1.78 bits per heavy atom. The van der Waals surface area contributed by atoms with Crippen molar-refractivity contribution in [2.45, 2.75) is 50.2 Å². The second kappa shape index (κ2) is 7.65. The predicted molar refractivity (Wildman–Crippen MR) is 108 cm³/mol. The molecule has 142 valence electrons. The van der Waals surface area contributed by atoms with Gasteiger partial charge in [0.1, 0.15) is 0 Å². The van der Waals surface area contributed by atoms with Crippen LogP contribution in [0.2, 0.25) is 5.02 Å². The lowest BCUT2D eigenvalue weighted by molar-refractivity contribution is -0.138. The number of benzene rings is 2. The molecule has 0 saturated heterocycles. The number of hydrogen-bond acceptors (Lipinski definition) is 2. The smallest absolute Gasteiger partial charge is 0.233 e. The number of nitrogens with zero attached hydrogens (tertiary/aromatic N) is 1. The summed E-state index contributed by atoms with van der Waals surface area (Å²) in [6.45, 7) is 1.26. The first kappa shape index (κ1) is 18.5. The van der Waals surface area contributed by atoms with Crippen molar-refractivity contribution in [3.63, 3.8) is 0 Å². The van der Waals surface area contributed by atoms with E-state index >= 15 is 0 Å². The van der Waals surface area contributed by atoms with Crippen molar-refractivity contribution >= 4 is 17.5 Å². The number of carbonyl (C=O) groups is 1. The minimum atomic E-state index is -0.411. The Balaban J connectivity index is 1.50. The van der Waals surface area contributed by atoms with Crippen molar-refractivity contribution in [3.05, 3.63) is 70.2 Å². The van der Waals surface area contributed by atoms with Crippen LogP contribution in [0.15, 0.2) is 48.5 Å². The molecule has 1 aliphatic carbocycles. The van der Waals surface area contributed by atoms with E-state index < -0.39 is 5.41 Å². The fraction of sp³-hybridized carbons (Fsp3) is 0.435. The van der Waals surface area contributed by atoms with Gasteiger partial charge in [0.15, 0.2) is 0 Å². The summed E-state index contributed by atoms with van der Waals surface area (Å²) in [4.78, 5) is 15.4. The van der Waals surface area contributed by atoms with Gasteiger partial charge in [-0.2, -0.15) is 0 Å². The summed E-state index contributed by atoms with van der Waals surface area (Å²) < 4.78 is 6.03. The Morgan fingerprint density at radius 1 is 1.11 bits per heavy atom. The molecule has 4 heteroatoms. The fourth-order valence-electron chi connectivity index (χ4n) is 4.65. The number of carbonyl (C=O) groups excluding carboxylic acids is 1. The summed E-state index contributed by atoms with van der Waals surface area (Å²) in [5, 5.41) is 0.710. The molecule has 3 nitrogen and oxygen atoms in total. The van der Waals surface area contributed by atoms with E-state index in [0.717, 1.165) is 37.7 Å². The number of fused-ring (bicyclic) bond motifs is 1. The average molecular weight is 384 g/mol. The van der Waals surface area contributed by atoms with Gasteiger partial charge in [-0.15, -0.1) is 0 Å². The third-order valence-electron chi connectivity index (χ3n) is 6.13. The zero-order valence-electron chi connectivity index (χ0n) is 15.8. The van der Waals surface area contributed by atoms with Crippen molar-refractivity contribution in [1.29, 1.82) is 0 Å². The van der Waals surface area contributed by atoms with E-state index in [1.807, 2.05) is 42.3 Å². The van der Waals surface area contributed by atoms with Crippen LogP contribution in [0.5, 0.6) is 0 Å². The summed E-state index contributed by atoms with van der Waals surface area (Å²) in [5.74, 6) is 0.213. The number of hydrogen-bond donors (Lipinski definition) is 0. The van der Waals surface area contributed by atoms with Gasteiger partial charge in [0.2, 0.25) is 5.91 Å². The van der Waals surface area contributed by atoms with Crippen LogP contribution in [0, 0.1) is 0 Å². The quantitative estimate of drug-likeness (QED) is 0.762. The van der Waals surface area contributed by atoms with Gasteiger partial charge in [-0.3, -0.25) is 4.79 Å². The first-order valence-corrected chi connectivity index (χ1v) is 10.2. The summed E-state index contributed by atoms with van der Waals surface area (Å²) in [7, 11) is 1.92. The van der Waals surface area contributed by atoms with Gasteiger partial charge in [0, 0.05) is 25.0 Å². The van der Waals surface area contributed by atoms with E-state index in [1.54, 1.807) is 0 Å². The molecule has 0 N–H and O–H groups in total. The van der Waals surface area contributed by atoms with E-state index in [9.17, 15) is 4.79 Å². The minimum absolute atomic E-state index is 0.0533. The number of halogens is 1. The van der Waals surface area contributed by atoms with Crippen molar-refractivity contribution < 1.29 is 9.53 Å².